The summed E-state index contributed by atoms with van der Waals surface area (Å²) in [6, 6.07) is 7.20. The summed E-state index contributed by atoms with van der Waals surface area (Å²) in [5, 5.41) is 0. The number of hydrogen-bond acceptors (Lipinski definition) is 3. The number of alkyl halides is 3. The molecule has 4 heterocycles. The van der Waals surface area contributed by atoms with Crippen LogP contribution in [0.3, 0.4) is 0 Å². The molecule has 0 saturated heterocycles. The van der Waals surface area contributed by atoms with Crippen molar-refractivity contribution in [3.05, 3.63) is 70.5 Å². The van der Waals surface area contributed by atoms with Crippen LogP contribution in [0.5, 0.6) is 0 Å². The Hall–Kier alpha value is -3.16. The van der Waals surface area contributed by atoms with Crippen molar-refractivity contribution in [2.24, 2.45) is 0 Å². The van der Waals surface area contributed by atoms with Crippen LogP contribution in [-0.2, 0) is 6.18 Å². The summed E-state index contributed by atoms with van der Waals surface area (Å²) in [6.45, 7) is 1.62. The molecule has 0 atom stereocenters. The molecule has 25 heavy (non-hydrogen) atoms. The first-order valence-corrected chi connectivity index (χ1v) is 7.38. The summed E-state index contributed by atoms with van der Waals surface area (Å²) in [7, 11) is 0. The Bertz CT molecular complexity index is 1170. The first-order valence-electron chi connectivity index (χ1n) is 7.38. The highest BCUT2D eigenvalue weighted by molar-refractivity contribution is 5.66. The number of hydrogen-bond donors (Lipinski definition) is 0. The van der Waals surface area contributed by atoms with Crippen LogP contribution >= 0.6 is 0 Å². The Morgan fingerprint density at radius 3 is 2.64 bits per heavy atom. The molecule has 0 unspecified atom stereocenters. The first-order chi connectivity index (χ1) is 11.8. The standard InChI is InChI=1S/C17H11F3N4O/c1-10-8-23-9-11(6-12(16(23)21-10)17(18,19)20)13-7-15(25)24-5-3-2-4-14(24)22-13/h2-9H,1H3. The van der Waals surface area contributed by atoms with E-state index in [0.717, 1.165) is 6.07 Å². The van der Waals surface area contributed by atoms with E-state index in [1.807, 2.05) is 0 Å². The third kappa shape index (κ3) is 2.55. The Kier molecular flexibility index (Phi) is 3.18. The zero-order chi connectivity index (χ0) is 17.8. The summed E-state index contributed by atoms with van der Waals surface area (Å²) < 4.78 is 42.9. The van der Waals surface area contributed by atoms with E-state index in [1.54, 1.807) is 31.3 Å². The SMILES string of the molecule is Cc1cn2cc(-c3cc(=O)n4ccccc4n3)cc(C(F)(F)F)c2n1. The quantitative estimate of drug-likeness (QED) is 0.532. The molecule has 0 amide bonds. The van der Waals surface area contributed by atoms with Gasteiger partial charge in [0.15, 0.2) is 0 Å². The van der Waals surface area contributed by atoms with Crippen LogP contribution in [0.15, 0.2) is 53.7 Å². The van der Waals surface area contributed by atoms with Crippen molar-refractivity contribution in [3.63, 3.8) is 0 Å². The van der Waals surface area contributed by atoms with Gasteiger partial charge in [0, 0.05) is 30.2 Å². The summed E-state index contributed by atoms with van der Waals surface area (Å²) in [5.74, 6) is 0. The molecule has 0 saturated carbocycles. The lowest BCUT2D eigenvalue weighted by Crippen LogP contribution is -2.14. The topological polar surface area (TPSA) is 51.7 Å². The maximum absolute atomic E-state index is 13.4. The van der Waals surface area contributed by atoms with Crippen LogP contribution < -0.4 is 5.56 Å². The molecular weight excluding hydrogens is 333 g/mol. The molecule has 0 aromatic carbocycles. The van der Waals surface area contributed by atoms with E-state index in [0.29, 0.717) is 11.3 Å². The van der Waals surface area contributed by atoms with Crippen molar-refractivity contribution in [3.8, 4) is 11.3 Å². The van der Waals surface area contributed by atoms with Gasteiger partial charge in [0.05, 0.1) is 17.0 Å². The number of pyridine rings is 2. The molecule has 0 fully saturated rings. The van der Waals surface area contributed by atoms with Crippen LogP contribution in [0.4, 0.5) is 13.2 Å². The number of rotatable bonds is 1. The lowest BCUT2D eigenvalue weighted by molar-refractivity contribution is -0.136. The van der Waals surface area contributed by atoms with Gasteiger partial charge in [-0.15, -0.1) is 0 Å². The highest BCUT2D eigenvalue weighted by Gasteiger charge is 2.34. The molecule has 126 valence electrons. The maximum atomic E-state index is 13.4. The molecule has 5 nitrogen and oxygen atoms in total. The highest BCUT2D eigenvalue weighted by Crippen LogP contribution is 2.34. The fraction of sp³-hybridized carbons (Fsp3) is 0.118. The lowest BCUT2D eigenvalue weighted by atomic mass is 10.1. The van der Waals surface area contributed by atoms with Crippen LogP contribution in [0.1, 0.15) is 11.3 Å². The molecule has 8 heteroatoms. The van der Waals surface area contributed by atoms with Gasteiger partial charge >= 0.3 is 6.18 Å². The van der Waals surface area contributed by atoms with Gasteiger partial charge in [-0.2, -0.15) is 13.2 Å². The van der Waals surface area contributed by atoms with Crippen molar-refractivity contribution in [2.45, 2.75) is 13.1 Å². The second-order valence-electron chi connectivity index (χ2n) is 5.66. The zero-order valence-electron chi connectivity index (χ0n) is 12.9. The van der Waals surface area contributed by atoms with E-state index in [2.05, 4.69) is 9.97 Å². The van der Waals surface area contributed by atoms with Crippen LogP contribution in [0.25, 0.3) is 22.6 Å². The number of imidazole rings is 1. The van der Waals surface area contributed by atoms with Gasteiger partial charge in [0.25, 0.3) is 5.56 Å². The number of nitrogens with zero attached hydrogens (tertiary/aromatic N) is 4. The normalized spacial score (nSPS) is 12.2. The summed E-state index contributed by atoms with van der Waals surface area (Å²) >= 11 is 0. The van der Waals surface area contributed by atoms with Gasteiger partial charge in [-0.25, -0.2) is 9.97 Å². The van der Waals surface area contributed by atoms with E-state index >= 15 is 0 Å². The van der Waals surface area contributed by atoms with Crippen molar-refractivity contribution in [1.29, 1.82) is 0 Å². The molecular formula is C17H11F3N4O. The second kappa shape index (κ2) is 5.17. The van der Waals surface area contributed by atoms with Gasteiger partial charge in [0.1, 0.15) is 11.3 Å². The van der Waals surface area contributed by atoms with E-state index in [-0.39, 0.29) is 22.5 Å². The smallest absolute Gasteiger partial charge is 0.306 e. The van der Waals surface area contributed by atoms with Crippen molar-refractivity contribution in [2.75, 3.05) is 0 Å². The molecule has 4 aromatic rings. The Labute approximate surface area is 139 Å². The van der Waals surface area contributed by atoms with Gasteiger partial charge in [-0.1, -0.05) is 6.07 Å². The molecule has 0 spiro atoms. The van der Waals surface area contributed by atoms with Gasteiger partial charge in [-0.05, 0) is 25.1 Å². The fourth-order valence-electron chi connectivity index (χ4n) is 2.77. The fourth-order valence-corrected chi connectivity index (χ4v) is 2.77. The molecule has 0 aliphatic rings. The predicted octanol–water partition coefficient (Wildman–Crippen LogP) is 3.34. The number of aromatic nitrogens is 4. The minimum atomic E-state index is -4.57. The molecule has 4 rings (SSSR count). The maximum Gasteiger partial charge on any atom is 0.420 e. The predicted molar refractivity (Wildman–Crippen MR) is 85.4 cm³/mol. The molecule has 0 radical (unpaired) electrons. The minimum absolute atomic E-state index is 0.175. The first kappa shape index (κ1) is 15.4. The molecule has 0 aliphatic heterocycles. The van der Waals surface area contributed by atoms with Gasteiger partial charge in [0.2, 0.25) is 0 Å². The number of aryl methyl sites for hydroxylation is 1. The summed E-state index contributed by atoms with van der Waals surface area (Å²) in [5.41, 5.74) is -0.208. The second-order valence-corrected chi connectivity index (χ2v) is 5.66. The molecule has 0 aliphatic carbocycles. The third-order valence-electron chi connectivity index (χ3n) is 3.84. The number of fused-ring (bicyclic) bond motifs is 2. The van der Waals surface area contributed by atoms with Crippen LogP contribution in [-0.4, -0.2) is 18.8 Å². The van der Waals surface area contributed by atoms with E-state index in [4.69, 9.17) is 0 Å². The Morgan fingerprint density at radius 1 is 1.08 bits per heavy atom. The minimum Gasteiger partial charge on any atom is -0.306 e. The summed E-state index contributed by atoms with van der Waals surface area (Å²) in [4.78, 5) is 20.4. The molecule has 0 bridgehead atoms. The van der Waals surface area contributed by atoms with E-state index in [9.17, 15) is 18.0 Å². The average Bonchev–Trinajstić information content (AvgIpc) is 2.92. The van der Waals surface area contributed by atoms with E-state index < -0.39 is 11.7 Å². The Balaban J connectivity index is 2.03. The summed E-state index contributed by atoms with van der Waals surface area (Å²) in [6.07, 6.45) is -0.0211. The molecule has 4 aromatic heterocycles. The van der Waals surface area contributed by atoms with Crippen LogP contribution in [0, 0.1) is 6.92 Å². The lowest BCUT2D eigenvalue weighted by Gasteiger charge is -2.11. The molecule has 0 N–H and O–H groups in total. The largest absolute Gasteiger partial charge is 0.420 e. The van der Waals surface area contributed by atoms with Crippen LogP contribution in [0.2, 0.25) is 0 Å². The Morgan fingerprint density at radius 2 is 1.88 bits per heavy atom. The monoisotopic (exact) mass is 344 g/mol. The highest BCUT2D eigenvalue weighted by atomic mass is 19.4. The van der Waals surface area contributed by atoms with Crippen molar-refractivity contribution in [1.82, 2.24) is 18.8 Å². The van der Waals surface area contributed by atoms with Crippen molar-refractivity contribution >= 4 is 11.3 Å². The zero-order valence-corrected chi connectivity index (χ0v) is 12.9. The van der Waals surface area contributed by atoms with E-state index in [1.165, 1.54) is 27.3 Å². The van der Waals surface area contributed by atoms with Gasteiger partial charge in [-0.3, -0.25) is 9.20 Å². The number of halogens is 3. The van der Waals surface area contributed by atoms with Gasteiger partial charge < -0.3 is 4.40 Å². The van der Waals surface area contributed by atoms with Crippen molar-refractivity contribution < 1.29 is 13.2 Å². The average molecular weight is 344 g/mol. The third-order valence-corrected chi connectivity index (χ3v) is 3.84.